The summed E-state index contributed by atoms with van der Waals surface area (Å²) in [6.07, 6.45) is 12.5. The quantitative estimate of drug-likeness (QED) is 0.616. The van der Waals surface area contributed by atoms with Gasteiger partial charge in [-0.2, -0.15) is 0 Å². The second kappa shape index (κ2) is 6.54. The fraction of sp³-hybridized carbons (Fsp3) is 0.167. The molecule has 1 aliphatic rings. The standard InChI is InChI=1S/C18H21N6/c1-4-10-19(11-5-1)22-16-23(20-12-6-2-7-13-20)18-24(17-22)21-14-8-3-9-15-21/h1-15H,16-18H2/q+3. The minimum atomic E-state index is 0.799. The molecule has 0 bridgehead atoms. The first-order valence-corrected chi connectivity index (χ1v) is 8.05. The molecule has 4 rings (SSSR count). The number of hydrogen-bond donors (Lipinski definition) is 0. The Labute approximate surface area is 141 Å². The first-order valence-electron chi connectivity index (χ1n) is 8.05. The van der Waals surface area contributed by atoms with E-state index in [9.17, 15) is 0 Å². The molecule has 0 aromatic carbocycles. The Hall–Kier alpha value is -3.15. The normalized spacial score (nSPS) is 14.8. The molecule has 1 fully saturated rings. The van der Waals surface area contributed by atoms with Gasteiger partial charge < -0.3 is 0 Å². The summed E-state index contributed by atoms with van der Waals surface area (Å²) in [7, 11) is 0. The van der Waals surface area contributed by atoms with E-state index in [1.54, 1.807) is 0 Å². The maximum atomic E-state index is 2.28. The monoisotopic (exact) mass is 321 g/mol. The molecule has 6 heteroatoms. The molecular formula is C18H21N6+3. The van der Waals surface area contributed by atoms with E-state index in [2.05, 4.69) is 103 Å². The van der Waals surface area contributed by atoms with Crippen LogP contribution in [0.3, 0.4) is 0 Å². The SMILES string of the molecule is c1cc[n+](N2CN([n+]3ccccc3)CN([n+]3ccccc3)C2)cc1. The van der Waals surface area contributed by atoms with E-state index < -0.39 is 0 Å². The van der Waals surface area contributed by atoms with Gasteiger partial charge in [0.1, 0.15) is 0 Å². The number of aromatic nitrogens is 3. The Balaban J connectivity index is 1.66. The van der Waals surface area contributed by atoms with Crippen molar-refractivity contribution < 1.29 is 14.0 Å². The first-order chi connectivity index (χ1) is 11.9. The van der Waals surface area contributed by atoms with Gasteiger partial charge in [-0.3, -0.25) is 0 Å². The van der Waals surface area contributed by atoms with Gasteiger partial charge in [0.15, 0.2) is 37.2 Å². The molecule has 0 aliphatic carbocycles. The Morgan fingerprint density at radius 2 is 0.625 bits per heavy atom. The highest BCUT2D eigenvalue weighted by Gasteiger charge is 2.35. The third kappa shape index (κ3) is 2.99. The molecule has 4 heterocycles. The summed E-state index contributed by atoms with van der Waals surface area (Å²) in [4.78, 5) is 0. The number of pyridine rings is 3. The summed E-state index contributed by atoms with van der Waals surface area (Å²) in [6, 6.07) is 18.4. The summed E-state index contributed by atoms with van der Waals surface area (Å²) in [5, 5.41) is 6.84. The van der Waals surface area contributed by atoms with Crippen molar-refractivity contribution in [1.82, 2.24) is 0 Å². The zero-order chi connectivity index (χ0) is 16.2. The van der Waals surface area contributed by atoms with Crippen molar-refractivity contribution in [3.63, 3.8) is 0 Å². The van der Waals surface area contributed by atoms with Crippen LogP contribution in [0.1, 0.15) is 0 Å². The smallest absolute Gasteiger partial charge is 0.130 e. The van der Waals surface area contributed by atoms with E-state index in [1.165, 1.54) is 0 Å². The maximum absolute atomic E-state index is 2.28. The third-order valence-corrected chi connectivity index (χ3v) is 4.06. The highest BCUT2D eigenvalue weighted by Crippen LogP contribution is 1.96. The number of nitrogens with zero attached hydrogens (tertiary/aromatic N) is 6. The number of hydrogen-bond acceptors (Lipinski definition) is 3. The lowest BCUT2D eigenvalue weighted by Crippen LogP contribution is -2.81. The Bertz CT molecular complexity index is 651. The average Bonchev–Trinajstić information content (AvgIpc) is 2.70. The zero-order valence-electron chi connectivity index (χ0n) is 13.5. The Kier molecular flexibility index (Phi) is 3.93. The maximum Gasteiger partial charge on any atom is 0.201 e. The summed E-state index contributed by atoms with van der Waals surface area (Å²) < 4.78 is 6.39. The van der Waals surface area contributed by atoms with Gasteiger partial charge in [0.2, 0.25) is 20.0 Å². The van der Waals surface area contributed by atoms with E-state index in [-0.39, 0.29) is 0 Å². The fourth-order valence-corrected chi connectivity index (χ4v) is 2.87. The summed E-state index contributed by atoms with van der Waals surface area (Å²) in [6.45, 7) is 2.40. The largest absolute Gasteiger partial charge is 0.201 e. The van der Waals surface area contributed by atoms with Gasteiger partial charge in [-0.1, -0.05) is 32.2 Å². The lowest BCUT2D eigenvalue weighted by molar-refractivity contribution is -0.750. The van der Waals surface area contributed by atoms with Crippen LogP contribution < -0.4 is 29.1 Å². The molecule has 0 N–H and O–H groups in total. The van der Waals surface area contributed by atoms with Gasteiger partial charge in [0, 0.05) is 36.4 Å². The van der Waals surface area contributed by atoms with Gasteiger partial charge in [-0.25, -0.2) is 0 Å². The lowest BCUT2D eigenvalue weighted by atomic mass is 10.5. The highest BCUT2D eigenvalue weighted by atomic mass is 15.8. The van der Waals surface area contributed by atoms with Crippen molar-refractivity contribution >= 4 is 0 Å². The Morgan fingerprint density at radius 1 is 0.375 bits per heavy atom. The highest BCUT2D eigenvalue weighted by molar-refractivity contribution is 4.97. The van der Waals surface area contributed by atoms with Gasteiger partial charge >= 0.3 is 0 Å². The first kappa shape index (κ1) is 14.4. The average molecular weight is 321 g/mol. The van der Waals surface area contributed by atoms with Crippen molar-refractivity contribution in [1.29, 1.82) is 0 Å². The molecule has 3 aromatic rings. The van der Waals surface area contributed by atoms with Crippen molar-refractivity contribution in [2.24, 2.45) is 0 Å². The van der Waals surface area contributed by atoms with Crippen molar-refractivity contribution in [3.8, 4) is 0 Å². The molecule has 6 nitrogen and oxygen atoms in total. The van der Waals surface area contributed by atoms with E-state index in [1.807, 2.05) is 18.2 Å². The molecule has 120 valence electrons. The van der Waals surface area contributed by atoms with Gasteiger partial charge in [0.05, 0.1) is 0 Å². The predicted molar refractivity (Wildman–Crippen MR) is 89.2 cm³/mol. The van der Waals surface area contributed by atoms with Crippen LogP contribution in [-0.2, 0) is 0 Å². The molecule has 0 saturated carbocycles. The van der Waals surface area contributed by atoms with E-state index >= 15 is 0 Å². The van der Waals surface area contributed by atoms with E-state index in [0.717, 1.165) is 20.0 Å². The third-order valence-electron chi connectivity index (χ3n) is 4.06. The number of rotatable bonds is 3. The summed E-state index contributed by atoms with van der Waals surface area (Å²) in [5.74, 6) is 0. The zero-order valence-corrected chi connectivity index (χ0v) is 13.5. The molecule has 1 aliphatic heterocycles. The van der Waals surface area contributed by atoms with Crippen LogP contribution in [0.5, 0.6) is 0 Å². The second-order valence-electron chi connectivity index (χ2n) is 5.71. The minimum Gasteiger partial charge on any atom is -0.130 e. The molecule has 0 radical (unpaired) electrons. The van der Waals surface area contributed by atoms with E-state index in [0.29, 0.717) is 0 Å². The lowest BCUT2D eigenvalue weighted by Gasteiger charge is -2.33. The molecule has 24 heavy (non-hydrogen) atoms. The van der Waals surface area contributed by atoms with Gasteiger partial charge in [-0.15, -0.1) is 15.0 Å². The Morgan fingerprint density at radius 3 is 0.875 bits per heavy atom. The van der Waals surface area contributed by atoms with Gasteiger partial charge in [-0.05, 0) is 0 Å². The van der Waals surface area contributed by atoms with Crippen LogP contribution in [0, 0.1) is 0 Å². The molecule has 3 aromatic heterocycles. The van der Waals surface area contributed by atoms with Crippen LogP contribution in [-0.4, -0.2) is 20.0 Å². The summed E-state index contributed by atoms with van der Waals surface area (Å²) >= 11 is 0. The second-order valence-corrected chi connectivity index (χ2v) is 5.71. The van der Waals surface area contributed by atoms with E-state index in [4.69, 9.17) is 0 Å². The predicted octanol–water partition coefficient (Wildman–Crippen LogP) is -0.350. The topological polar surface area (TPSA) is 21.4 Å². The fourth-order valence-electron chi connectivity index (χ4n) is 2.87. The minimum absolute atomic E-state index is 0.799. The molecule has 0 amide bonds. The molecule has 1 saturated heterocycles. The van der Waals surface area contributed by atoms with Crippen molar-refractivity contribution in [2.45, 2.75) is 0 Å². The van der Waals surface area contributed by atoms with Crippen LogP contribution in [0.4, 0.5) is 0 Å². The molecule has 0 unspecified atom stereocenters. The van der Waals surface area contributed by atoms with Gasteiger partial charge in [0.25, 0.3) is 0 Å². The molecule has 0 spiro atoms. The molecule has 0 atom stereocenters. The van der Waals surface area contributed by atoms with Crippen LogP contribution in [0.2, 0.25) is 0 Å². The van der Waals surface area contributed by atoms with Crippen LogP contribution in [0.15, 0.2) is 91.8 Å². The molecular weight excluding hydrogens is 300 g/mol. The summed E-state index contributed by atoms with van der Waals surface area (Å²) in [5.41, 5.74) is 0. The van der Waals surface area contributed by atoms with Crippen molar-refractivity contribution in [2.75, 3.05) is 35.0 Å². The van der Waals surface area contributed by atoms with Crippen LogP contribution in [0.25, 0.3) is 0 Å². The van der Waals surface area contributed by atoms with Crippen LogP contribution >= 0.6 is 0 Å². The van der Waals surface area contributed by atoms with Crippen molar-refractivity contribution in [3.05, 3.63) is 91.8 Å².